The summed E-state index contributed by atoms with van der Waals surface area (Å²) in [4.78, 5) is 29.1. The fraction of sp³-hybridized carbons (Fsp3) is 0.278. The van der Waals surface area contributed by atoms with Crippen molar-refractivity contribution in [3.63, 3.8) is 0 Å². The Bertz CT molecular complexity index is 699. The van der Waals surface area contributed by atoms with Crippen molar-refractivity contribution in [1.29, 1.82) is 0 Å². The molecule has 23 heavy (non-hydrogen) atoms. The number of carbonyl (C=O) groups is 2. The maximum atomic E-state index is 12.1. The first kappa shape index (κ1) is 16.7. The van der Waals surface area contributed by atoms with E-state index in [0.29, 0.717) is 19.5 Å². The van der Waals surface area contributed by atoms with Gasteiger partial charge in [-0.05, 0) is 37.1 Å². The second kappa shape index (κ2) is 7.54. The highest BCUT2D eigenvalue weighted by Crippen LogP contribution is 2.14. The zero-order chi connectivity index (χ0) is 16.8. The van der Waals surface area contributed by atoms with E-state index in [1.165, 1.54) is 4.90 Å². The van der Waals surface area contributed by atoms with Gasteiger partial charge in [-0.3, -0.25) is 14.6 Å². The van der Waals surface area contributed by atoms with E-state index in [9.17, 15) is 9.59 Å². The number of nitrogens with zero attached hydrogens (tertiary/aromatic N) is 2. The van der Waals surface area contributed by atoms with Gasteiger partial charge < -0.3 is 10.6 Å². The highest BCUT2D eigenvalue weighted by atomic mass is 16.2. The van der Waals surface area contributed by atoms with Gasteiger partial charge in [-0.25, -0.2) is 0 Å². The van der Waals surface area contributed by atoms with Crippen LogP contribution in [0.15, 0.2) is 42.6 Å². The summed E-state index contributed by atoms with van der Waals surface area (Å²) in [7, 11) is 0. The number of carbonyl (C=O) groups excluding carboxylic acids is 2. The largest absolute Gasteiger partial charge is 0.361 e. The third kappa shape index (κ3) is 4.64. The average Bonchev–Trinajstić information content (AvgIpc) is 2.53. The summed E-state index contributed by atoms with van der Waals surface area (Å²) in [5.41, 5.74) is 9.30. The highest BCUT2D eigenvalue weighted by Gasteiger charge is 2.20. The van der Waals surface area contributed by atoms with E-state index in [1.807, 2.05) is 44.2 Å². The summed E-state index contributed by atoms with van der Waals surface area (Å²) in [6, 6.07) is 11.7. The minimum Gasteiger partial charge on any atom is -0.361 e. The first-order valence-corrected chi connectivity index (χ1v) is 7.52. The SMILES string of the molecule is Cc1ccc(CN(CCc2ccccn2)C(=O)C(N)=O)c(C)c1. The Morgan fingerprint density at radius 3 is 2.57 bits per heavy atom. The molecule has 2 amide bonds. The number of amides is 2. The third-order valence-electron chi connectivity index (χ3n) is 3.72. The standard InChI is InChI=1S/C18H21N3O2/c1-13-6-7-15(14(2)11-13)12-21(18(23)17(19)22)10-8-16-5-3-4-9-20-16/h3-7,9,11H,8,10,12H2,1-2H3,(H2,19,22). The zero-order valence-corrected chi connectivity index (χ0v) is 13.5. The summed E-state index contributed by atoms with van der Waals surface area (Å²) >= 11 is 0. The monoisotopic (exact) mass is 311 g/mol. The van der Waals surface area contributed by atoms with Crippen LogP contribution < -0.4 is 5.73 Å². The first-order valence-electron chi connectivity index (χ1n) is 7.52. The normalized spacial score (nSPS) is 10.3. The maximum absolute atomic E-state index is 12.1. The Balaban J connectivity index is 2.14. The number of hydrogen-bond acceptors (Lipinski definition) is 3. The van der Waals surface area contributed by atoms with Crippen molar-refractivity contribution in [2.75, 3.05) is 6.54 Å². The molecule has 0 fully saturated rings. The number of benzene rings is 1. The smallest absolute Gasteiger partial charge is 0.311 e. The molecule has 0 saturated carbocycles. The molecule has 2 N–H and O–H groups in total. The van der Waals surface area contributed by atoms with Gasteiger partial charge in [0, 0.05) is 31.4 Å². The van der Waals surface area contributed by atoms with E-state index in [2.05, 4.69) is 11.1 Å². The second-order valence-electron chi connectivity index (χ2n) is 5.59. The Labute approximate surface area is 136 Å². The Morgan fingerprint density at radius 1 is 1.17 bits per heavy atom. The van der Waals surface area contributed by atoms with Gasteiger partial charge in [-0.1, -0.05) is 29.8 Å². The second-order valence-corrected chi connectivity index (χ2v) is 5.59. The van der Waals surface area contributed by atoms with E-state index in [-0.39, 0.29) is 0 Å². The molecule has 120 valence electrons. The minimum absolute atomic E-state index is 0.362. The lowest BCUT2D eigenvalue weighted by molar-refractivity contribution is -0.144. The molecule has 5 nitrogen and oxygen atoms in total. The van der Waals surface area contributed by atoms with Crippen molar-refractivity contribution in [1.82, 2.24) is 9.88 Å². The molecular formula is C18H21N3O2. The van der Waals surface area contributed by atoms with Gasteiger partial charge in [0.05, 0.1) is 0 Å². The molecule has 0 aliphatic carbocycles. The lowest BCUT2D eigenvalue weighted by Gasteiger charge is -2.22. The fourth-order valence-electron chi connectivity index (χ4n) is 2.43. The Hall–Kier alpha value is -2.69. The lowest BCUT2D eigenvalue weighted by atomic mass is 10.1. The molecule has 2 rings (SSSR count). The molecule has 0 radical (unpaired) electrons. The van der Waals surface area contributed by atoms with Gasteiger partial charge in [0.15, 0.2) is 0 Å². The molecule has 0 spiro atoms. The minimum atomic E-state index is -0.934. The highest BCUT2D eigenvalue weighted by molar-refractivity contribution is 6.34. The van der Waals surface area contributed by atoms with E-state index >= 15 is 0 Å². The topological polar surface area (TPSA) is 76.3 Å². The zero-order valence-electron chi connectivity index (χ0n) is 13.5. The molecule has 1 heterocycles. The van der Waals surface area contributed by atoms with E-state index in [4.69, 9.17) is 5.73 Å². The number of nitrogens with two attached hydrogens (primary N) is 1. The van der Waals surface area contributed by atoms with E-state index in [0.717, 1.165) is 22.4 Å². The Morgan fingerprint density at radius 2 is 1.96 bits per heavy atom. The van der Waals surface area contributed by atoms with Gasteiger partial charge in [0.25, 0.3) is 0 Å². The van der Waals surface area contributed by atoms with Gasteiger partial charge in [-0.15, -0.1) is 0 Å². The lowest BCUT2D eigenvalue weighted by Crippen LogP contribution is -2.41. The third-order valence-corrected chi connectivity index (χ3v) is 3.72. The van der Waals surface area contributed by atoms with Crippen molar-refractivity contribution < 1.29 is 9.59 Å². The molecule has 0 saturated heterocycles. The van der Waals surface area contributed by atoms with Crippen LogP contribution in [0.4, 0.5) is 0 Å². The maximum Gasteiger partial charge on any atom is 0.311 e. The molecule has 0 bridgehead atoms. The van der Waals surface area contributed by atoms with Crippen LogP contribution >= 0.6 is 0 Å². The molecule has 0 aliphatic heterocycles. The number of aromatic nitrogens is 1. The van der Waals surface area contributed by atoms with Crippen LogP contribution in [0, 0.1) is 13.8 Å². The number of aryl methyl sites for hydroxylation is 2. The number of primary amides is 1. The number of pyridine rings is 1. The molecule has 1 aromatic carbocycles. The Kier molecular flexibility index (Phi) is 5.46. The van der Waals surface area contributed by atoms with Crippen molar-refractivity contribution in [3.8, 4) is 0 Å². The van der Waals surface area contributed by atoms with Gasteiger partial charge in [0.2, 0.25) is 0 Å². The summed E-state index contributed by atoms with van der Waals surface area (Å²) < 4.78 is 0. The molecule has 5 heteroatoms. The molecular weight excluding hydrogens is 290 g/mol. The van der Waals surface area contributed by atoms with Crippen molar-refractivity contribution in [2.45, 2.75) is 26.8 Å². The summed E-state index contributed by atoms with van der Waals surface area (Å²) in [5.74, 6) is -1.60. The fourth-order valence-corrected chi connectivity index (χ4v) is 2.43. The van der Waals surface area contributed by atoms with Crippen LogP contribution in [0.25, 0.3) is 0 Å². The molecule has 2 aromatic rings. The molecule has 0 unspecified atom stereocenters. The van der Waals surface area contributed by atoms with E-state index < -0.39 is 11.8 Å². The summed E-state index contributed by atoms with van der Waals surface area (Å²) in [6.07, 6.45) is 2.28. The molecule has 1 aromatic heterocycles. The van der Waals surface area contributed by atoms with Gasteiger partial charge >= 0.3 is 11.8 Å². The van der Waals surface area contributed by atoms with Crippen molar-refractivity contribution in [3.05, 3.63) is 65.0 Å². The van der Waals surface area contributed by atoms with E-state index in [1.54, 1.807) is 6.20 Å². The summed E-state index contributed by atoms with van der Waals surface area (Å²) in [6.45, 7) is 4.77. The average molecular weight is 311 g/mol. The van der Waals surface area contributed by atoms with Crippen LogP contribution in [0.2, 0.25) is 0 Å². The van der Waals surface area contributed by atoms with Crippen LogP contribution in [0.1, 0.15) is 22.4 Å². The van der Waals surface area contributed by atoms with Crippen LogP contribution in [0.3, 0.4) is 0 Å². The van der Waals surface area contributed by atoms with Gasteiger partial charge in [-0.2, -0.15) is 0 Å². The molecule has 0 atom stereocenters. The molecule has 0 aliphatic rings. The quantitative estimate of drug-likeness (QED) is 0.855. The van der Waals surface area contributed by atoms with Crippen molar-refractivity contribution in [2.24, 2.45) is 5.73 Å². The van der Waals surface area contributed by atoms with Crippen LogP contribution in [0.5, 0.6) is 0 Å². The van der Waals surface area contributed by atoms with Crippen molar-refractivity contribution >= 4 is 11.8 Å². The number of rotatable bonds is 5. The number of hydrogen-bond donors (Lipinski definition) is 1. The first-order chi connectivity index (χ1) is 11.0. The predicted octanol–water partition coefficient (Wildman–Crippen LogP) is 1.76. The van der Waals surface area contributed by atoms with Crippen LogP contribution in [-0.2, 0) is 22.6 Å². The van der Waals surface area contributed by atoms with Gasteiger partial charge in [0.1, 0.15) is 0 Å². The predicted molar refractivity (Wildman–Crippen MR) is 88.5 cm³/mol. The summed E-state index contributed by atoms with van der Waals surface area (Å²) in [5, 5.41) is 0. The van der Waals surface area contributed by atoms with Crippen LogP contribution in [-0.4, -0.2) is 28.2 Å².